The second-order valence-corrected chi connectivity index (χ2v) is 9.66. The maximum atomic E-state index is 13.2. The Morgan fingerprint density at radius 1 is 0.486 bits per heavy atom. The smallest absolute Gasteiger partial charge is 0.416 e. The van der Waals surface area contributed by atoms with Gasteiger partial charge in [-0.25, -0.2) is 8.42 Å². The van der Waals surface area contributed by atoms with E-state index in [0.717, 1.165) is 48.5 Å². The van der Waals surface area contributed by atoms with E-state index in [9.17, 15) is 34.8 Å². The van der Waals surface area contributed by atoms with E-state index >= 15 is 0 Å². The Morgan fingerprint density at radius 3 is 1.16 bits per heavy atom. The molecule has 11 heteroatoms. The van der Waals surface area contributed by atoms with Gasteiger partial charge in [0.15, 0.2) is 0 Å². The molecule has 0 saturated carbocycles. The minimum Gasteiger partial charge on any atom is -0.457 e. The van der Waals surface area contributed by atoms with Gasteiger partial charge in [0.1, 0.15) is 23.0 Å². The predicted molar refractivity (Wildman–Crippen MR) is 121 cm³/mol. The summed E-state index contributed by atoms with van der Waals surface area (Å²) in [6.07, 6.45) is -9.16. The third-order valence-corrected chi connectivity index (χ3v) is 6.77. The lowest BCUT2D eigenvalue weighted by Crippen LogP contribution is -2.05. The molecule has 0 heterocycles. The highest BCUT2D eigenvalue weighted by atomic mass is 32.2. The molecule has 4 aromatic carbocycles. The van der Waals surface area contributed by atoms with Crippen molar-refractivity contribution in [3.8, 4) is 23.0 Å². The van der Waals surface area contributed by atoms with Crippen molar-refractivity contribution in [1.29, 1.82) is 0 Å². The van der Waals surface area contributed by atoms with Crippen LogP contribution in [0.4, 0.5) is 26.3 Å². The van der Waals surface area contributed by atoms with Crippen LogP contribution < -0.4 is 9.47 Å². The number of alkyl halides is 6. The van der Waals surface area contributed by atoms with Crippen LogP contribution in [0.5, 0.6) is 23.0 Å². The number of hydrogen-bond acceptors (Lipinski definition) is 4. The van der Waals surface area contributed by atoms with Gasteiger partial charge in [-0.3, -0.25) is 0 Å². The number of ether oxygens (including phenoxy) is 2. The maximum absolute atomic E-state index is 13.2. The molecule has 0 spiro atoms. The topological polar surface area (TPSA) is 52.6 Å². The van der Waals surface area contributed by atoms with Crippen LogP contribution in [-0.2, 0) is 22.2 Å². The first-order valence-electron chi connectivity index (χ1n) is 10.5. The summed E-state index contributed by atoms with van der Waals surface area (Å²) in [4.78, 5) is -0.429. The van der Waals surface area contributed by atoms with E-state index in [2.05, 4.69) is 0 Å². The molecule has 4 aromatic rings. The van der Waals surface area contributed by atoms with Gasteiger partial charge in [0.25, 0.3) is 0 Å². The summed E-state index contributed by atoms with van der Waals surface area (Å²) in [6, 6.07) is 18.6. The zero-order valence-corrected chi connectivity index (χ0v) is 19.4. The molecule has 0 aliphatic carbocycles. The minimum atomic E-state index is -4.58. The Kier molecular flexibility index (Phi) is 6.92. The maximum Gasteiger partial charge on any atom is 0.416 e. The molecule has 0 N–H and O–H groups in total. The molecule has 0 atom stereocenters. The van der Waals surface area contributed by atoms with E-state index in [-0.39, 0.29) is 32.8 Å². The summed E-state index contributed by atoms with van der Waals surface area (Å²) in [5.74, 6) is -0.310. The fourth-order valence-corrected chi connectivity index (χ4v) is 4.62. The molecule has 0 aliphatic rings. The Labute approximate surface area is 207 Å². The monoisotopic (exact) mass is 538 g/mol. The van der Waals surface area contributed by atoms with Gasteiger partial charge in [-0.15, -0.1) is 0 Å². The molecule has 4 nitrogen and oxygen atoms in total. The van der Waals surface area contributed by atoms with Gasteiger partial charge in [-0.1, -0.05) is 24.3 Å². The molecule has 0 unspecified atom stereocenters. The fourth-order valence-electron chi connectivity index (χ4n) is 3.29. The Balaban J connectivity index is 1.59. The van der Waals surface area contributed by atoms with Crippen LogP contribution in [0.2, 0.25) is 0 Å². The normalized spacial score (nSPS) is 12.3. The van der Waals surface area contributed by atoms with Crippen molar-refractivity contribution >= 4 is 9.84 Å². The van der Waals surface area contributed by atoms with Crippen LogP contribution in [0.1, 0.15) is 11.1 Å². The average Bonchev–Trinajstić information content (AvgIpc) is 2.84. The number of sulfone groups is 1. The highest BCUT2D eigenvalue weighted by molar-refractivity contribution is 7.91. The summed E-state index contributed by atoms with van der Waals surface area (Å²) in [5, 5.41) is 0. The van der Waals surface area contributed by atoms with Crippen molar-refractivity contribution in [2.45, 2.75) is 22.1 Å². The number of benzene rings is 4. The summed E-state index contributed by atoms with van der Waals surface area (Å²) >= 11 is 0. The van der Waals surface area contributed by atoms with E-state index in [4.69, 9.17) is 9.47 Å². The van der Waals surface area contributed by atoms with E-state index in [0.29, 0.717) is 0 Å². The number of rotatable bonds is 6. The lowest BCUT2D eigenvalue weighted by molar-refractivity contribution is -0.138. The van der Waals surface area contributed by atoms with Gasteiger partial charge in [0.05, 0.1) is 20.9 Å². The third kappa shape index (κ3) is 6.23. The van der Waals surface area contributed by atoms with Crippen LogP contribution in [0.3, 0.4) is 0 Å². The van der Waals surface area contributed by atoms with Crippen LogP contribution >= 0.6 is 0 Å². The van der Waals surface area contributed by atoms with Crippen LogP contribution in [0.15, 0.2) is 107 Å². The zero-order valence-electron chi connectivity index (χ0n) is 18.5. The SMILES string of the molecule is O=S(=O)(c1cccc(Oc2cccc(C(F)(F)F)c2)c1)c1cccc(Oc2cccc(C(F)(F)F)c2)c1. The van der Waals surface area contributed by atoms with Gasteiger partial charge in [0, 0.05) is 0 Å². The standard InChI is InChI=1S/C26H16F6O4S/c27-25(28,29)17-5-1-7-19(13-17)35-21-9-3-11-23(15-21)37(33,34)24-12-4-10-22(16-24)36-20-8-2-6-18(14-20)26(30,31)32/h1-16H. The first-order chi connectivity index (χ1) is 17.3. The molecule has 0 saturated heterocycles. The average molecular weight is 538 g/mol. The van der Waals surface area contributed by atoms with Gasteiger partial charge in [-0.2, -0.15) is 26.3 Å². The summed E-state index contributed by atoms with van der Waals surface area (Å²) in [5.41, 5.74) is -1.85. The lowest BCUT2D eigenvalue weighted by atomic mass is 10.2. The Bertz CT molecular complexity index is 1420. The Morgan fingerprint density at radius 2 is 0.811 bits per heavy atom. The van der Waals surface area contributed by atoms with Crippen molar-refractivity contribution in [1.82, 2.24) is 0 Å². The van der Waals surface area contributed by atoms with E-state index in [1.807, 2.05) is 0 Å². The molecule has 192 valence electrons. The molecule has 0 aromatic heterocycles. The summed E-state index contributed by atoms with van der Waals surface area (Å²) < 4.78 is 115. The van der Waals surface area contributed by atoms with Gasteiger partial charge >= 0.3 is 12.4 Å². The van der Waals surface area contributed by atoms with Crippen molar-refractivity contribution in [2.75, 3.05) is 0 Å². The van der Waals surface area contributed by atoms with Crippen molar-refractivity contribution in [2.24, 2.45) is 0 Å². The first-order valence-corrected chi connectivity index (χ1v) is 12.0. The van der Waals surface area contributed by atoms with E-state index < -0.39 is 33.3 Å². The van der Waals surface area contributed by atoms with Gasteiger partial charge in [-0.05, 0) is 72.8 Å². The van der Waals surface area contributed by atoms with Gasteiger partial charge < -0.3 is 9.47 Å². The number of halogens is 6. The van der Waals surface area contributed by atoms with Crippen LogP contribution in [0, 0.1) is 0 Å². The fraction of sp³-hybridized carbons (Fsp3) is 0.0769. The molecule has 0 radical (unpaired) electrons. The number of hydrogen-bond donors (Lipinski definition) is 0. The van der Waals surface area contributed by atoms with Crippen molar-refractivity contribution < 1.29 is 44.2 Å². The molecular weight excluding hydrogens is 522 g/mol. The highest BCUT2D eigenvalue weighted by Crippen LogP contribution is 2.35. The predicted octanol–water partition coefficient (Wildman–Crippen LogP) is 8.14. The molecule has 0 fully saturated rings. The van der Waals surface area contributed by atoms with Crippen LogP contribution in [0.25, 0.3) is 0 Å². The van der Waals surface area contributed by atoms with E-state index in [1.165, 1.54) is 48.5 Å². The van der Waals surface area contributed by atoms with Crippen molar-refractivity contribution in [3.05, 3.63) is 108 Å². The molecule has 4 rings (SSSR count). The van der Waals surface area contributed by atoms with Gasteiger partial charge in [0.2, 0.25) is 9.84 Å². The second-order valence-electron chi connectivity index (χ2n) is 7.71. The second kappa shape index (κ2) is 9.81. The minimum absolute atomic E-state index is 0.0169. The Hall–Kier alpha value is -3.99. The molecule has 0 aliphatic heterocycles. The lowest BCUT2D eigenvalue weighted by Gasteiger charge is -2.12. The molecular formula is C26H16F6O4S. The summed E-state index contributed by atoms with van der Waals surface area (Å²) in [7, 11) is -4.15. The van der Waals surface area contributed by atoms with Crippen molar-refractivity contribution in [3.63, 3.8) is 0 Å². The zero-order chi connectivity index (χ0) is 26.8. The highest BCUT2D eigenvalue weighted by Gasteiger charge is 2.31. The summed E-state index contributed by atoms with van der Waals surface area (Å²) in [6.45, 7) is 0. The quantitative estimate of drug-likeness (QED) is 0.233. The molecule has 0 bridgehead atoms. The molecule has 0 amide bonds. The third-order valence-electron chi connectivity index (χ3n) is 5.03. The first kappa shape index (κ1) is 26.1. The van der Waals surface area contributed by atoms with E-state index in [1.54, 1.807) is 0 Å². The molecule has 37 heavy (non-hydrogen) atoms. The van der Waals surface area contributed by atoms with Crippen LogP contribution in [-0.4, -0.2) is 8.42 Å². The largest absolute Gasteiger partial charge is 0.457 e.